The standard InChI is InChI=1S/C19H23N3O2S/c1-11-7-8-14-15(9-11)25-19(16(14)17(20)23)21-18(24)12-5-4-6-13(10-12)22(2)3/h4-6,10-11H,7-9H2,1-3H3,(H2,20,23)(H,21,24)/t11-/m1/s1. The van der Waals surface area contributed by atoms with Crippen LogP contribution in [0.3, 0.4) is 0 Å². The Morgan fingerprint density at radius 3 is 2.76 bits per heavy atom. The van der Waals surface area contributed by atoms with Gasteiger partial charge in [0.25, 0.3) is 11.8 Å². The molecule has 5 nitrogen and oxygen atoms in total. The molecule has 1 aromatic heterocycles. The molecule has 132 valence electrons. The molecule has 3 rings (SSSR count). The average Bonchev–Trinajstić information content (AvgIpc) is 2.91. The molecule has 2 amide bonds. The first kappa shape index (κ1) is 17.5. The maximum atomic E-state index is 12.7. The molecular formula is C19H23N3O2S. The highest BCUT2D eigenvalue weighted by Gasteiger charge is 2.27. The van der Waals surface area contributed by atoms with Gasteiger partial charge in [0, 0.05) is 30.2 Å². The highest BCUT2D eigenvalue weighted by molar-refractivity contribution is 7.17. The van der Waals surface area contributed by atoms with Crippen molar-refractivity contribution in [3.63, 3.8) is 0 Å². The molecule has 0 aliphatic heterocycles. The fourth-order valence-electron chi connectivity index (χ4n) is 3.20. The Morgan fingerprint density at radius 2 is 2.08 bits per heavy atom. The van der Waals surface area contributed by atoms with Crippen molar-refractivity contribution in [1.29, 1.82) is 0 Å². The molecular weight excluding hydrogens is 334 g/mol. The molecule has 25 heavy (non-hydrogen) atoms. The van der Waals surface area contributed by atoms with Crippen molar-refractivity contribution in [3.05, 3.63) is 45.8 Å². The number of carbonyl (C=O) groups excluding carboxylic acids is 2. The van der Waals surface area contributed by atoms with Crippen LogP contribution in [0.4, 0.5) is 10.7 Å². The Hall–Kier alpha value is -2.34. The quantitative estimate of drug-likeness (QED) is 0.882. The van der Waals surface area contributed by atoms with Crippen LogP contribution in [0.15, 0.2) is 24.3 Å². The predicted molar refractivity (Wildman–Crippen MR) is 103 cm³/mol. The van der Waals surface area contributed by atoms with Crippen LogP contribution < -0.4 is 16.0 Å². The van der Waals surface area contributed by atoms with Gasteiger partial charge >= 0.3 is 0 Å². The summed E-state index contributed by atoms with van der Waals surface area (Å²) in [5, 5.41) is 3.48. The molecule has 0 saturated carbocycles. The summed E-state index contributed by atoms with van der Waals surface area (Å²) in [4.78, 5) is 27.7. The molecule has 0 unspecified atom stereocenters. The number of anilines is 2. The van der Waals surface area contributed by atoms with Crippen LogP contribution in [-0.4, -0.2) is 25.9 Å². The SMILES string of the molecule is C[C@@H]1CCc2c(sc(NC(=O)c3cccc(N(C)C)c3)c2C(N)=O)C1. The number of rotatable bonds is 4. The van der Waals surface area contributed by atoms with E-state index in [1.54, 1.807) is 6.07 Å². The number of fused-ring (bicyclic) bond motifs is 1. The zero-order valence-electron chi connectivity index (χ0n) is 14.8. The van der Waals surface area contributed by atoms with Crippen LogP contribution in [0, 0.1) is 5.92 Å². The van der Waals surface area contributed by atoms with Gasteiger partial charge in [-0.25, -0.2) is 0 Å². The zero-order valence-corrected chi connectivity index (χ0v) is 15.6. The van der Waals surface area contributed by atoms with E-state index in [2.05, 4.69) is 12.2 Å². The van der Waals surface area contributed by atoms with E-state index >= 15 is 0 Å². The van der Waals surface area contributed by atoms with Crippen molar-refractivity contribution in [2.45, 2.75) is 26.2 Å². The molecule has 6 heteroatoms. The number of hydrogen-bond acceptors (Lipinski definition) is 4. The van der Waals surface area contributed by atoms with Gasteiger partial charge in [-0.05, 0) is 48.9 Å². The molecule has 0 saturated heterocycles. The summed E-state index contributed by atoms with van der Waals surface area (Å²) in [5.41, 5.74) is 8.62. The van der Waals surface area contributed by atoms with E-state index in [1.165, 1.54) is 16.2 Å². The maximum absolute atomic E-state index is 12.7. The van der Waals surface area contributed by atoms with Crippen LogP contribution in [0.25, 0.3) is 0 Å². The van der Waals surface area contributed by atoms with E-state index in [1.807, 2.05) is 37.2 Å². The summed E-state index contributed by atoms with van der Waals surface area (Å²) < 4.78 is 0. The first-order chi connectivity index (χ1) is 11.9. The third-order valence-corrected chi connectivity index (χ3v) is 5.78. The molecule has 2 aromatic rings. The summed E-state index contributed by atoms with van der Waals surface area (Å²) in [5.74, 6) is -0.102. The monoisotopic (exact) mass is 357 g/mol. The number of thiophene rings is 1. The fourth-order valence-corrected chi connectivity index (χ4v) is 4.61. The smallest absolute Gasteiger partial charge is 0.256 e. The Kier molecular flexibility index (Phi) is 4.81. The van der Waals surface area contributed by atoms with Gasteiger partial charge in [0.05, 0.1) is 5.56 Å². The lowest BCUT2D eigenvalue weighted by Gasteiger charge is -2.18. The van der Waals surface area contributed by atoms with Gasteiger partial charge in [-0.15, -0.1) is 11.3 Å². The molecule has 1 aromatic carbocycles. The van der Waals surface area contributed by atoms with Crippen molar-refractivity contribution in [2.24, 2.45) is 11.7 Å². The Balaban J connectivity index is 1.91. The minimum Gasteiger partial charge on any atom is -0.378 e. The second-order valence-electron chi connectivity index (χ2n) is 6.82. The first-order valence-corrected chi connectivity index (χ1v) is 9.21. The third kappa shape index (κ3) is 3.54. The van der Waals surface area contributed by atoms with E-state index in [-0.39, 0.29) is 5.91 Å². The Morgan fingerprint density at radius 1 is 1.32 bits per heavy atom. The van der Waals surface area contributed by atoms with Crippen molar-refractivity contribution in [3.8, 4) is 0 Å². The number of nitrogens with zero attached hydrogens (tertiary/aromatic N) is 1. The molecule has 1 aliphatic rings. The summed E-state index contributed by atoms with van der Waals surface area (Å²) in [6.45, 7) is 2.21. The van der Waals surface area contributed by atoms with Gasteiger partial charge in [-0.2, -0.15) is 0 Å². The third-order valence-electron chi connectivity index (χ3n) is 4.61. The summed E-state index contributed by atoms with van der Waals surface area (Å²) in [7, 11) is 3.85. The molecule has 0 fully saturated rings. The molecule has 1 atom stereocenters. The van der Waals surface area contributed by atoms with Crippen molar-refractivity contribution in [1.82, 2.24) is 0 Å². The van der Waals surface area contributed by atoms with Gasteiger partial charge in [-0.1, -0.05) is 13.0 Å². The number of nitrogens with two attached hydrogens (primary N) is 1. The van der Waals surface area contributed by atoms with Gasteiger partial charge in [-0.3, -0.25) is 9.59 Å². The van der Waals surface area contributed by atoms with Crippen LogP contribution in [0.1, 0.15) is 44.5 Å². The number of nitrogens with one attached hydrogen (secondary N) is 1. The summed E-state index contributed by atoms with van der Waals surface area (Å²) in [6.07, 6.45) is 2.83. The predicted octanol–water partition coefficient (Wildman–Crippen LogP) is 3.29. The largest absolute Gasteiger partial charge is 0.378 e. The number of amides is 2. The van der Waals surface area contributed by atoms with Gasteiger partial charge in [0.1, 0.15) is 5.00 Å². The van der Waals surface area contributed by atoms with Crippen molar-refractivity contribution in [2.75, 3.05) is 24.3 Å². The first-order valence-electron chi connectivity index (χ1n) is 8.40. The lowest BCUT2D eigenvalue weighted by atomic mass is 9.88. The van der Waals surface area contributed by atoms with Crippen LogP contribution >= 0.6 is 11.3 Å². The summed E-state index contributed by atoms with van der Waals surface area (Å²) >= 11 is 1.48. The van der Waals surface area contributed by atoms with E-state index in [0.29, 0.717) is 22.0 Å². The molecule has 0 radical (unpaired) electrons. The molecule has 0 bridgehead atoms. The van der Waals surface area contributed by atoms with Crippen LogP contribution in [0.5, 0.6) is 0 Å². The van der Waals surface area contributed by atoms with E-state index < -0.39 is 5.91 Å². The van der Waals surface area contributed by atoms with Gasteiger partial charge < -0.3 is 16.0 Å². The topological polar surface area (TPSA) is 75.4 Å². The molecule has 1 heterocycles. The number of hydrogen-bond donors (Lipinski definition) is 2. The summed E-state index contributed by atoms with van der Waals surface area (Å²) in [6, 6.07) is 7.38. The van der Waals surface area contributed by atoms with Gasteiger partial charge in [0.2, 0.25) is 0 Å². The van der Waals surface area contributed by atoms with Gasteiger partial charge in [0.15, 0.2) is 0 Å². The molecule has 1 aliphatic carbocycles. The Bertz CT molecular complexity index is 826. The maximum Gasteiger partial charge on any atom is 0.256 e. The highest BCUT2D eigenvalue weighted by Crippen LogP contribution is 2.39. The van der Waals surface area contributed by atoms with Crippen molar-refractivity contribution >= 4 is 33.8 Å². The Labute approximate surface area is 151 Å². The number of carbonyl (C=O) groups is 2. The highest BCUT2D eigenvalue weighted by atomic mass is 32.1. The van der Waals surface area contributed by atoms with E-state index in [9.17, 15) is 9.59 Å². The number of primary amides is 1. The van der Waals surface area contributed by atoms with E-state index in [4.69, 9.17) is 5.73 Å². The number of benzene rings is 1. The second kappa shape index (κ2) is 6.88. The minimum absolute atomic E-state index is 0.224. The second-order valence-corrected chi connectivity index (χ2v) is 7.92. The lowest BCUT2D eigenvalue weighted by Crippen LogP contribution is -2.19. The van der Waals surface area contributed by atoms with Crippen LogP contribution in [0.2, 0.25) is 0 Å². The van der Waals surface area contributed by atoms with Crippen molar-refractivity contribution < 1.29 is 9.59 Å². The minimum atomic E-state index is -0.468. The molecule has 3 N–H and O–H groups in total. The van der Waals surface area contributed by atoms with E-state index in [0.717, 1.165) is 30.5 Å². The normalized spacial score (nSPS) is 16.2. The van der Waals surface area contributed by atoms with Crippen LogP contribution in [-0.2, 0) is 12.8 Å². The average molecular weight is 357 g/mol. The fraction of sp³-hybridized carbons (Fsp3) is 0.368. The lowest BCUT2D eigenvalue weighted by molar-refractivity contribution is 0.1000. The zero-order chi connectivity index (χ0) is 18.1. The molecule has 0 spiro atoms.